The van der Waals surface area contributed by atoms with Gasteiger partial charge in [0.25, 0.3) is 0 Å². The quantitative estimate of drug-likeness (QED) is 0.737. The number of carboxylic acid groups (broad SMARTS) is 1. The summed E-state index contributed by atoms with van der Waals surface area (Å²) in [6.07, 6.45) is 2.87. The van der Waals surface area contributed by atoms with Crippen LogP contribution in [0.1, 0.15) is 5.76 Å². The smallest absolute Gasteiger partial charge is 0.311 e. The molecule has 5 nitrogen and oxygen atoms in total. The van der Waals surface area contributed by atoms with Crippen LogP contribution in [0.15, 0.2) is 22.9 Å². The van der Waals surface area contributed by atoms with Crippen molar-refractivity contribution in [1.29, 1.82) is 0 Å². The zero-order valence-corrected chi connectivity index (χ0v) is 6.60. The summed E-state index contributed by atoms with van der Waals surface area (Å²) in [7, 11) is 0. The molecule has 0 spiro atoms. The number of nitrogens with zero attached hydrogens (tertiary/aromatic N) is 2. The monoisotopic (exact) mass is 178 g/mol. The number of rotatable bonds is 2. The lowest BCUT2D eigenvalue weighted by Gasteiger charge is -1.86. The molecule has 0 amide bonds. The van der Waals surface area contributed by atoms with Crippen LogP contribution in [0.5, 0.6) is 0 Å². The van der Waals surface area contributed by atoms with E-state index in [4.69, 9.17) is 9.52 Å². The predicted octanol–water partition coefficient (Wildman–Crippen LogP) is 0.850. The van der Waals surface area contributed by atoms with Crippen molar-refractivity contribution in [2.45, 2.75) is 6.42 Å². The van der Waals surface area contributed by atoms with Gasteiger partial charge in [-0.25, -0.2) is 0 Å². The van der Waals surface area contributed by atoms with Crippen molar-refractivity contribution in [3.05, 3.63) is 24.2 Å². The summed E-state index contributed by atoms with van der Waals surface area (Å²) in [5.41, 5.74) is 0.561. The molecule has 5 heteroatoms. The molecule has 1 N–H and O–H groups in total. The number of aliphatic carboxylic acids is 1. The van der Waals surface area contributed by atoms with Gasteiger partial charge in [0.1, 0.15) is 12.2 Å². The van der Waals surface area contributed by atoms with Gasteiger partial charge in [-0.1, -0.05) is 0 Å². The van der Waals surface area contributed by atoms with Gasteiger partial charge in [0, 0.05) is 5.39 Å². The minimum absolute atomic E-state index is 0.116. The largest absolute Gasteiger partial charge is 0.481 e. The van der Waals surface area contributed by atoms with E-state index in [0.717, 1.165) is 5.39 Å². The lowest BCUT2D eigenvalue weighted by Crippen LogP contribution is -1.97. The molecule has 0 atom stereocenters. The molecular weight excluding hydrogens is 172 g/mol. The summed E-state index contributed by atoms with van der Waals surface area (Å²) in [4.78, 5) is 10.4. The molecule has 0 radical (unpaired) electrons. The van der Waals surface area contributed by atoms with E-state index in [0.29, 0.717) is 11.3 Å². The molecule has 0 aliphatic carbocycles. The van der Waals surface area contributed by atoms with Crippen LogP contribution in [0, 0.1) is 0 Å². The number of carboxylic acids is 1. The molecule has 0 bridgehead atoms. The van der Waals surface area contributed by atoms with Gasteiger partial charge in [-0.05, 0) is 6.07 Å². The summed E-state index contributed by atoms with van der Waals surface area (Å²) in [6.45, 7) is 0. The topological polar surface area (TPSA) is 76.2 Å². The van der Waals surface area contributed by atoms with E-state index < -0.39 is 5.97 Å². The van der Waals surface area contributed by atoms with Crippen molar-refractivity contribution < 1.29 is 14.3 Å². The number of hydrogen-bond acceptors (Lipinski definition) is 4. The highest BCUT2D eigenvalue weighted by molar-refractivity contribution is 5.78. The maximum atomic E-state index is 10.4. The maximum absolute atomic E-state index is 10.4. The highest BCUT2D eigenvalue weighted by atomic mass is 16.4. The summed E-state index contributed by atoms with van der Waals surface area (Å²) in [6, 6.07) is 1.65. The van der Waals surface area contributed by atoms with Crippen LogP contribution >= 0.6 is 0 Å². The number of fused-ring (bicyclic) bond motifs is 1. The van der Waals surface area contributed by atoms with Gasteiger partial charge in [-0.2, -0.15) is 10.2 Å². The van der Waals surface area contributed by atoms with Gasteiger partial charge >= 0.3 is 5.97 Å². The molecule has 0 aliphatic rings. The van der Waals surface area contributed by atoms with Gasteiger partial charge in [-0.15, -0.1) is 0 Å². The van der Waals surface area contributed by atoms with E-state index in [9.17, 15) is 4.79 Å². The van der Waals surface area contributed by atoms with Crippen molar-refractivity contribution in [2.24, 2.45) is 0 Å². The molecular formula is C8H6N2O3. The average Bonchev–Trinajstić information content (AvgIpc) is 2.44. The third-order valence-corrected chi connectivity index (χ3v) is 1.61. The Bertz CT molecular complexity index is 416. The first kappa shape index (κ1) is 7.72. The minimum Gasteiger partial charge on any atom is -0.481 e. The van der Waals surface area contributed by atoms with Crippen molar-refractivity contribution in [3.8, 4) is 0 Å². The van der Waals surface area contributed by atoms with E-state index in [-0.39, 0.29) is 6.42 Å². The second-order valence-corrected chi connectivity index (χ2v) is 2.59. The maximum Gasteiger partial charge on any atom is 0.311 e. The first-order valence-electron chi connectivity index (χ1n) is 3.66. The number of aromatic nitrogens is 2. The van der Waals surface area contributed by atoms with Crippen LogP contribution in [0.4, 0.5) is 0 Å². The molecule has 0 unspecified atom stereocenters. The Hall–Kier alpha value is -1.91. The second kappa shape index (κ2) is 2.85. The zero-order valence-electron chi connectivity index (χ0n) is 6.60. The third kappa shape index (κ3) is 1.48. The lowest BCUT2D eigenvalue weighted by atomic mass is 10.3. The number of hydrogen-bond donors (Lipinski definition) is 1. The van der Waals surface area contributed by atoms with Gasteiger partial charge < -0.3 is 9.52 Å². The molecule has 13 heavy (non-hydrogen) atoms. The first-order chi connectivity index (χ1) is 6.25. The summed E-state index contributed by atoms with van der Waals surface area (Å²) < 4.78 is 5.20. The number of furan rings is 1. The Morgan fingerprint density at radius 3 is 2.92 bits per heavy atom. The van der Waals surface area contributed by atoms with Crippen LogP contribution in [0.3, 0.4) is 0 Å². The summed E-state index contributed by atoms with van der Waals surface area (Å²) >= 11 is 0. The lowest BCUT2D eigenvalue weighted by molar-refractivity contribution is -0.136. The van der Waals surface area contributed by atoms with Crippen LogP contribution in [0.2, 0.25) is 0 Å². The van der Waals surface area contributed by atoms with E-state index in [1.54, 1.807) is 6.07 Å². The molecule has 0 aliphatic heterocycles. The van der Waals surface area contributed by atoms with Crippen LogP contribution in [-0.4, -0.2) is 21.3 Å². The van der Waals surface area contributed by atoms with E-state index in [2.05, 4.69) is 10.2 Å². The molecule has 0 aromatic carbocycles. The van der Waals surface area contributed by atoms with Gasteiger partial charge in [0.05, 0.1) is 12.4 Å². The molecule has 2 aromatic heterocycles. The van der Waals surface area contributed by atoms with Crippen molar-refractivity contribution in [2.75, 3.05) is 0 Å². The Morgan fingerprint density at radius 1 is 1.46 bits per heavy atom. The molecule has 2 heterocycles. The predicted molar refractivity (Wildman–Crippen MR) is 43.1 cm³/mol. The Kier molecular flexibility index (Phi) is 1.70. The second-order valence-electron chi connectivity index (χ2n) is 2.59. The fourth-order valence-electron chi connectivity index (χ4n) is 1.09. The van der Waals surface area contributed by atoms with Crippen LogP contribution in [-0.2, 0) is 11.2 Å². The Morgan fingerprint density at radius 2 is 2.23 bits per heavy atom. The highest BCUT2D eigenvalue weighted by Gasteiger charge is 2.07. The van der Waals surface area contributed by atoms with E-state index >= 15 is 0 Å². The van der Waals surface area contributed by atoms with Gasteiger partial charge in [0.2, 0.25) is 0 Å². The highest BCUT2D eigenvalue weighted by Crippen LogP contribution is 2.16. The molecule has 0 saturated heterocycles. The minimum atomic E-state index is -0.917. The molecule has 2 rings (SSSR count). The molecule has 66 valence electrons. The van der Waals surface area contributed by atoms with Crippen molar-refractivity contribution >= 4 is 16.9 Å². The van der Waals surface area contributed by atoms with Crippen molar-refractivity contribution in [3.63, 3.8) is 0 Å². The van der Waals surface area contributed by atoms with E-state index in [1.165, 1.54) is 12.4 Å². The van der Waals surface area contributed by atoms with Gasteiger partial charge in [-0.3, -0.25) is 4.79 Å². The SMILES string of the molecule is O=C(O)Cc1cc2cnncc2o1. The Labute approximate surface area is 73.0 Å². The molecule has 2 aromatic rings. The zero-order chi connectivity index (χ0) is 9.26. The fraction of sp³-hybridized carbons (Fsp3) is 0.125. The van der Waals surface area contributed by atoms with E-state index in [1.807, 2.05) is 0 Å². The van der Waals surface area contributed by atoms with Crippen molar-refractivity contribution in [1.82, 2.24) is 10.2 Å². The first-order valence-corrected chi connectivity index (χ1v) is 3.66. The Balaban J connectivity index is 2.44. The third-order valence-electron chi connectivity index (χ3n) is 1.61. The van der Waals surface area contributed by atoms with Crippen LogP contribution in [0.25, 0.3) is 11.0 Å². The van der Waals surface area contributed by atoms with Gasteiger partial charge in [0.15, 0.2) is 5.58 Å². The summed E-state index contributed by atoms with van der Waals surface area (Å²) in [5.74, 6) is -0.503. The van der Waals surface area contributed by atoms with Crippen LogP contribution < -0.4 is 0 Å². The average molecular weight is 178 g/mol. The number of carbonyl (C=O) groups is 1. The normalized spacial score (nSPS) is 10.5. The molecule has 0 saturated carbocycles. The summed E-state index contributed by atoms with van der Waals surface area (Å²) in [5, 5.41) is 16.5. The fourth-order valence-corrected chi connectivity index (χ4v) is 1.09. The standard InChI is InChI=1S/C8H6N2O3/c11-8(12)2-6-1-5-3-9-10-4-7(5)13-6/h1,3-4H,2H2,(H,11,12). The molecule has 0 fully saturated rings.